The zero-order valence-corrected chi connectivity index (χ0v) is 17.8. The molecule has 1 heterocycles. The van der Waals surface area contributed by atoms with E-state index >= 15 is 0 Å². The first-order chi connectivity index (χ1) is 15.0. The van der Waals surface area contributed by atoms with Gasteiger partial charge >= 0.3 is 0 Å². The van der Waals surface area contributed by atoms with Crippen LogP contribution in [-0.4, -0.2) is 16.0 Å². The highest BCUT2D eigenvalue weighted by Gasteiger charge is 2.35. The Morgan fingerprint density at radius 2 is 1.61 bits per heavy atom. The molecule has 3 aromatic carbocycles. The average molecular weight is 454 g/mol. The number of hydrogen-bond acceptors (Lipinski definition) is 4. The van der Waals surface area contributed by atoms with Crippen LogP contribution in [0.15, 0.2) is 77.7 Å². The highest BCUT2D eigenvalue weighted by molar-refractivity contribution is 8.18. The number of carbonyl (C=O) groups is 2. The number of amides is 2. The normalized spacial score (nSPS) is 15.0. The molecule has 0 spiro atoms. The monoisotopic (exact) mass is 453 g/mol. The van der Waals surface area contributed by atoms with E-state index in [0.717, 1.165) is 22.9 Å². The standard InChI is InChI=1S/C24H17ClFNO3S/c25-19-9-5-16(6-10-19)14-27-23(28)22(31-24(27)29)13-18-3-1-2-4-21(18)30-15-17-7-11-20(26)12-8-17/h1-13H,14-15H2/b22-13-. The number of thioether (sulfide) groups is 1. The molecular formula is C24H17ClFNO3S. The number of halogens is 2. The van der Waals surface area contributed by atoms with E-state index in [0.29, 0.717) is 21.2 Å². The van der Waals surface area contributed by atoms with Crippen LogP contribution < -0.4 is 4.74 Å². The van der Waals surface area contributed by atoms with E-state index in [9.17, 15) is 14.0 Å². The Bertz CT molecular complexity index is 1150. The molecule has 31 heavy (non-hydrogen) atoms. The van der Waals surface area contributed by atoms with Crippen molar-refractivity contribution in [2.75, 3.05) is 0 Å². The van der Waals surface area contributed by atoms with Gasteiger partial charge in [-0.2, -0.15) is 0 Å². The molecule has 156 valence electrons. The van der Waals surface area contributed by atoms with Crippen LogP contribution >= 0.6 is 23.4 Å². The molecule has 1 aliphatic heterocycles. The summed E-state index contributed by atoms with van der Waals surface area (Å²) >= 11 is 6.80. The molecule has 1 aliphatic rings. The average Bonchev–Trinajstić information content (AvgIpc) is 3.03. The van der Waals surface area contributed by atoms with Crippen molar-refractivity contribution in [3.05, 3.63) is 105 Å². The predicted molar refractivity (Wildman–Crippen MR) is 120 cm³/mol. The zero-order chi connectivity index (χ0) is 21.8. The second-order valence-corrected chi connectivity index (χ2v) is 8.28. The molecule has 7 heteroatoms. The molecule has 0 bridgehead atoms. The second-order valence-electron chi connectivity index (χ2n) is 6.85. The fourth-order valence-electron chi connectivity index (χ4n) is 3.02. The molecule has 0 atom stereocenters. The third kappa shape index (κ3) is 5.16. The maximum absolute atomic E-state index is 13.1. The summed E-state index contributed by atoms with van der Waals surface area (Å²) in [4.78, 5) is 26.8. The molecular weight excluding hydrogens is 437 g/mol. The molecule has 0 aliphatic carbocycles. The van der Waals surface area contributed by atoms with Crippen molar-refractivity contribution in [1.82, 2.24) is 4.90 Å². The lowest BCUT2D eigenvalue weighted by molar-refractivity contribution is -0.123. The van der Waals surface area contributed by atoms with Crippen LogP contribution in [0, 0.1) is 5.82 Å². The third-order valence-corrected chi connectivity index (χ3v) is 5.80. The van der Waals surface area contributed by atoms with Crippen molar-refractivity contribution in [1.29, 1.82) is 0 Å². The minimum absolute atomic E-state index is 0.182. The van der Waals surface area contributed by atoms with Crippen molar-refractivity contribution in [3.8, 4) is 5.75 Å². The SMILES string of the molecule is O=C1S/C(=C\c2ccccc2OCc2ccc(F)cc2)C(=O)N1Cc1ccc(Cl)cc1. The number of rotatable bonds is 6. The van der Waals surface area contributed by atoms with Gasteiger partial charge in [-0.25, -0.2) is 4.39 Å². The highest BCUT2D eigenvalue weighted by Crippen LogP contribution is 2.35. The van der Waals surface area contributed by atoms with E-state index in [4.69, 9.17) is 16.3 Å². The number of benzene rings is 3. The Morgan fingerprint density at radius 1 is 0.935 bits per heavy atom. The quantitative estimate of drug-likeness (QED) is 0.411. The summed E-state index contributed by atoms with van der Waals surface area (Å²) in [5, 5.41) is 0.269. The lowest BCUT2D eigenvalue weighted by atomic mass is 10.1. The maximum Gasteiger partial charge on any atom is 0.293 e. The zero-order valence-electron chi connectivity index (χ0n) is 16.3. The van der Waals surface area contributed by atoms with Crippen molar-refractivity contribution in [2.45, 2.75) is 13.2 Å². The van der Waals surface area contributed by atoms with E-state index in [1.807, 2.05) is 18.2 Å². The van der Waals surface area contributed by atoms with E-state index in [2.05, 4.69) is 0 Å². The van der Waals surface area contributed by atoms with Crippen LogP contribution in [0.2, 0.25) is 5.02 Å². The molecule has 4 nitrogen and oxygen atoms in total. The molecule has 0 aromatic heterocycles. The summed E-state index contributed by atoms with van der Waals surface area (Å²) in [6, 6.07) is 20.3. The van der Waals surface area contributed by atoms with Crippen molar-refractivity contribution >= 4 is 40.6 Å². The number of carbonyl (C=O) groups excluding carboxylic acids is 2. The van der Waals surface area contributed by atoms with Crippen LogP contribution in [-0.2, 0) is 17.9 Å². The van der Waals surface area contributed by atoms with Gasteiger partial charge in [0.15, 0.2) is 0 Å². The number of nitrogens with zero attached hydrogens (tertiary/aromatic N) is 1. The number of hydrogen-bond donors (Lipinski definition) is 0. The van der Waals surface area contributed by atoms with Crippen LogP contribution in [0.1, 0.15) is 16.7 Å². The second kappa shape index (κ2) is 9.37. The molecule has 1 fully saturated rings. The Balaban J connectivity index is 1.50. The largest absolute Gasteiger partial charge is 0.488 e. The molecule has 2 amide bonds. The van der Waals surface area contributed by atoms with Gasteiger partial charge < -0.3 is 4.74 Å². The van der Waals surface area contributed by atoms with Gasteiger partial charge in [-0.1, -0.05) is 54.1 Å². The van der Waals surface area contributed by atoms with Gasteiger partial charge in [0.25, 0.3) is 11.1 Å². The smallest absolute Gasteiger partial charge is 0.293 e. The Kier molecular flexibility index (Phi) is 6.39. The van der Waals surface area contributed by atoms with E-state index < -0.39 is 0 Å². The molecule has 0 unspecified atom stereocenters. The Morgan fingerprint density at radius 3 is 2.35 bits per heavy atom. The van der Waals surface area contributed by atoms with Crippen LogP contribution in [0.4, 0.5) is 9.18 Å². The summed E-state index contributed by atoms with van der Waals surface area (Å²) in [5.41, 5.74) is 2.32. The van der Waals surface area contributed by atoms with Crippen molar-refractivity contribution in [3.63, 3.8) is 0 Å². The lowest BCUT2D eigenvalue weighted by Crippen LogP contribution is -2.27. The minimum atomic E-state index is -0.349. The van der Waals surface area contributed by atoms with Crippen molar-refractivity contribution in [2.24, 2.45) is 0 Å². The molecule has 4 rings (SSSR count). The molecule has 1 saturated heterocycles. The summed E-state index contributed by atoms with van der Waals surface area (Å²) < 4.78 is 18.9. The van der Waals surface area contributed by atoms with Gasteiger partial charge in [-0.3, -0.25) is 14.5 Å². The van der Waals surface area contributed by atoms with Gasteiger partial charge in [0.05, 0.1) is 11.4 Å². The van der Waals surface area contributed by atoms with Gasteiger partial charge in [-0.05, 0) is 59.3 Å². The lowest BCUT2D eigenvalue weighted by Gasteiger charge is -2.12. The number of ether oxygens (including phenoxy) is 1. The first-order valence-corrected chi connectivity index (χ1v) is 10.6. The fraction of sp³-hybridized carbons (Fsp3) is 0.0833. The number of para-hydroxylation sites is 1. The first kappa shape index (κ1) is 21.2. The first-order valence-electron chi connectivity index (χ1n) is 9.46. The van der Waals surface area contributed by atoms with Gasteiger partial charge in [0.1, 0.15) is 18.2 Å². The molecule has 0 saturated carbocycles. The third-order valence-electron chi connectivity index (χ3n) is 4.64. The van der Waals surface area contributed by atoms with Crippen molar-refractivity contribution < 1.29 is 18.7 Å². The summed E-state index contributed by atoms with van der Waals surface area (Å²) in [6.07, 6.45) is 1.66. The van der Waals surface area contributed by atoms with E-state index in [1.54, 1.807) is 48.5 Å². The van der Waals surface area contributed by atoms with E-state index in [1.165, 1.54) is 17.0 Å². The van der Waals surface area contributed by atoms with Crippen LogP contribution in [0.3, 0.4) is 0 Å². The summed E-state index contributed by atoms with van der Waals surface area (Å²) in [7, 11) is 0. The maximum atomic E-state index is 13.1. The predicted octanol–water partition coefficient (Wildman–Crippen LogP) is 6.29. The molecule has 0 radical (unpaired) electrons. The summed E-state index contributed by atoms with van der Waals surface area (Å²) in [6.45, 7) is 0.436. The topological polar surface area (TPSA) is 46.6 Å². The van der Waals surface area contributed by atoms with Crippen LogP contribution in [0.25, 0.3) is 6.08 Å². The van der Waals surface area contributed by atoms with E-state index in [-0.39, 0.29) is 30.1 Å². The fourth-order valence-corrected chi connectivity index (χ4v) is 3.98. The number of imide groups is 1. The van der Waals surface area contributed by atoms with Gasteiger partial charge in [0, 0.05) is 10.6 Å². The molecule has 3 aromatic rings. The highest BCUT2D eigenvalue weighted by atomic mass is 35.5. The summed E-state index contributed by atoms with van der Waals surface area (Å²) in [5.74, 6) is -0.0897. The Labute approximate surface area is 188 Å². The molecule has 0 N–H and O–H groups in total. The van der Waals surface area contributed by atoms with Gasteiger partial charge in [-0.15, -0.1) is 0 Å². The van der Waals surface area contributed by atoms with Crippen LogP contribution in [0.5, 0.6) is 5.75 Å². The Hall–Kier alpha value is -3.09. The van der Waals surface area contributed by atoms with Gasteiger partial charge in [0.2, 0.25) is 0 Å². The minimum Gasteiger partial charge on any atom is -0.488 e.